The molecule has 0 saturated heterocycles. The summed E-state index contributed by atoms with van der Waals surface area (Å²) in [5.74, 6) is 0. The molecule has 0 aliphatic rings. The van der Waals surface area contributed by atoms with Gasteiger partial charge in [-0.1, -0.05) is 60.2 Å². The molecule has 1 heterocycles. The van der Waals surface area contributed by atoms with Crippen LogP contribution in [-0.2, 0) is 0 Å². The molecule has 3 rings (SSSR count). The van der Waals surface area contributed by atoms with E-state index < -0.39 is 0 Å². The van der Waals surface area contributed by atoms with E-state index >= 15 is 0 Å². The van der Waals surface area contributed by atoms with E-state index in [1.54, 1.807) is 0 Å². The standard InChI is InChI=1S/C17H14N2S2/c1-13-7-9-14(10-8-13)11-18-19-16(12-21-17(19)20)15-5-3-2-4-6-15/h2-12H,1H3. The van der Waals surface area contributed by atoms with E-state index in [0.717, 1.165) is 20.8 Å². The zero-order chi connectivity index (χ0) is 14.7. The van der Waals surface area contributed by atoms with Crippen LogP contribution >= 0.6 is 23.6 Å². The third-order valence-corrected chi connectivity index (χ3v) is 4.32. The van der Waals surface area contributed by atoms with E-state index in [1.165, 1.54) is 16.9 Å². The Morgan fingerprint density at radius 1 is 1.05 bits per heavy atom. The van der Waals surface area contributed by atoms with Crippen LogP contribution in [0.1, 0.15) is 11.1 Å². The van der Waals surface area contributed by atoms with Gasteiger partial charge >= 0.3 is 0 Å². The smallest absolute Gasteiger partial charge is 0.182 e. The van der Waals surface area contributed by atoms with Crippen molar-refractivity contribution in [2.24, 2.45) is 5.10 Å². The highest BCUT2D eigenvalue weighted by Crippen LogP contribution is 2.23. The highest BCUT2D eigenvalue weighted by atomic mass is 32.1. The van der Waals surface area contributed by atoms with Crippen molar-refractivity contribution < 1.29 is 0 Å². The highest BCUT2D eigenvalue weighted by Gasteiger charge is 2.05. The zero-order valence-electron chi connectivity index (χ0n) is 11.6. The maximum Gasteiger partial charge on any atom is 0.182 e. The Bertz CT molecular complexity index is 812. The average molecular weight is 310 g/mol. The minimum atomic E-state index is 0.747. The summed E-state index contributed by atoms with van der Waals surface area (Å²) < 4.78 is 2.56. The maximum absolute atomic E-state index is 5.38. The molecule has 4 heteroatoms. The summed E-state index contributed by atoms with van der Waals surface area (Å²) in [6.45, 7) is 2.07. The van der Waals surface area contributed by atoms with E-state index in [2.05, 4.69) is 48.4 Å². The molecule has 0 unspecified atom stereocenters. The number of rotatable bonds is 3. The molecule has 1 aromatic heterocycles. The second-order valence-corrected chi connectivity index (χ2v) is 6.22. The first-order valence-electron chi connectivity index (χ1n) is 6.61. The topological polar surface area (TPSA) is 17.3 Å². The van der Waals surface area contributed by atoms with E-state index in [-0.39, 0.29) is 0 Å². The van der Waals surface area contributed by atoms with Crippen LogP contribution in [0.5, 0.6) is 0 Å². The predicted octanol–water partition coefficient (Wildman–Crippen LogP) is 5.14. The third-order valence-electron chi connectivity index (χ3n) is 3.14. The van der Waals surface area contributed by atoms with Crippen LogP contribution in [0.4, 0.5) is 0 Å². The fourth-order valence-electron chi connectivity index (χ4n) is 1.99. The van der Waals surface area contributed by atoms with Crippen LogP contribution in [0.2, 0.25) is 0 Å². The van der Waals surface area contributed by atoms with Crippen LogP contribution in [0.3, 0.4) is 0 Å². The van der Waals surface area contributed by atoms with Crippen molar-refractivity contribution in [2.75, 3.05) is 0 Å². The van der Waals surface area contributed by atoms with Gasteiger partial charge in [0.05, 0.1) is 11.9 Å². The van der Waals surface area contributed by atoms with Crippen LogP contribution in [0.15, 0.2) is 65.1 Å². The van der Waals surface area contributed by atoms with Crippen molar-refractivity contribution >= 4 is 29.8 Å². The quantitative estimate of drug-likeness (QED) is 0.484. The van der Waals surface area contributed by atoms with Gasteiger partial charge in [0.2, 0.25) is 0 Å². The molecule has 0 saturated carbocycles. The SMILES string of the molecule is Cc1ccc(C=Nn2c(-c3ccccc3)csc2=S)cc1. The number of thiazole rings is 1. The molecule has 0 fully saturated rings. The minimum Gasteiger partial charge on any atom is -0.211 e. The van der Waals surface area contributed by atoms with Crippen LogP contribution in [-0.4, -0.2) is 10.9 Å². The summed E-state index contributed by atoms with van der Waals surface area (Å²) in [7, 11) is 0. The first-order valence-corrected chi connectivity index (χ1v) is 7.90. The van der Waals surface area contributed by atoms with Gasteiger partial charge in [-0.25, -0.2) is 4.68 Å². The summed E-state index contributed by atoms with van der Waals surface area (Å²) in [6, 6.07) is 18.4. The minimum absolute atomic E-state index is 0.747. The molecular formula is C17H14N2S2. The Kier molecular flexibility index (Phi) is 4.08. The Morgan fingerprint density at radius 3 is 2.48 bits per heavy atom. The summed E-state index contributed by atoms with van der Waals surface area (Å²) in [5, 5.41) is 6.59. The monoisotopic (exact) mass is 310 g/mol. The lowest BCUT2D eigenvalue weighted by Crippen LogP contribution is -1.93. The normalized spacial score (nSPS) is 11.1. The second kappa shape index (κ2) is 6.16. The number of aromatic nitrogens is 1. The second-order valence-electron chi connectivity index (χ2n) is 4.72. The highest BCUT2D eigenvalue weighted by molar-refractivity contribution is 7.73. The molecule has 104 valence electrons. The Balaban J connectivity index is 1.98. The van der Waals surface area contributed by atoms with Gasteiger partial charge in [-0.3, -0.25) is 0 Å². The summed E-state index contributed by atoms with van der Waals surface area (Å²) in [4.78, 5) is 0. The van der Waals surface area contributed by atoms with E-state index in [9.17, 15) is 0 Å². The van der Waals surface area contributed by atoms with E-state index in [0.29, 0.717) is 0 Å². The molecule has 0 aliphatic carbocycles. The van der Waals surface area contributed by atoms with Gasteiger partial charge in [-0.2, -0.15) is 5.10 Å². The number of hydrogen-bond donors (Lipinski definition) is 0. The number of benzene rings is 2. The van der Waals surface area contributed by atoms with E-state index in [4.69, 9.17) is 12.2 Å². The molecule has 0 spiro atoms. The van der Waals surface area contributed by atoms with Crippen LogP contribution < -0.4 is 0 Å². The summed E-state index contributed by atoms with van der Waals surface area (Å²) >= 11 is 6.90. The molecule has 21 heavy (non-hydrogen) atoms. The van der Waals surface area contributed by atoms with Gasteiger partial charge in [-0.15, -0.1) is 11.3 Å². The van der Waals surface area contributed by atoms with Crippen LogP contribution in [0.25, 0.3) is 11.3 Å². The third kappa shape index (κ3) is 3.17. The Morgan fingerprint density at radius 2 is 1.76 bits per heavy atom. The molecule has 0 aliphatic heterocycles. The molecule has 2 aromatic carbocycles. The number of aryl methyl sites for hydroxylation is 1. The lowest BCUT2D eigenvalue weighted by molar-refractivity contribution is 0.897. The summed E-state index contributed by atoms with van der Waals surface area (Å²) in [6.07, 6.45) is 1.84. The largest absolute Gasteiger partial charge is 0.211 e. The first kappa shape index (κ1) is 13.9. The molecular weight excluding hydrogens is 296 g/mol. The molecule has 0 radical (unpaired) electrons. The lowest BCUT2D eigenvalue weighted by Gasteiger charge is -2.02. The Labute approximate surface area is 133 Å². The molecule has 0 bridgehead atoms. The van der Waals surface area contributed by atoms with Crippen molar-refractivity contribution in [3.05, 3.63) is 75.1 Å². The van der Waals surface area contributed by atoms with Crippen molar-refractivity contribution in [2.45, 2.75) is 6.92 Å². The molecule has 0 amide bonds. The fourth-order valence-corrected chi connectivity index (χ4v) is 2.97. The maximum atomic E-state index is 5.38. The van der Waals surface area contributed by atoms with Gasteiger partial charge < -0.3 is 0 Å². The van der Waals surface area contributed by atoms with Gasteiger partial charge in [0, 0.05) is 10.9 Å². The van der Waals surface area contributed by atoms with Gasteiger partial charge in [0.25, 0.3) is 0 Å². The fraction of sp³-hybridized carbons (Fsp3) is 0.0588. The van der Waals surface area contributed by atoms with Gasteiger partial charge in [0.1, 0.15) is 0 Å². The van der Waals surface area contributed by atoms with Gasteiger partial charge in [-0.05, 0) is 24.7 Å². The number of nitrogens with zero attached hydrogens (tertiary/aromatic N) is 2. The lowest BCUT2D eigenvalue weighted by atomic mass is 10.2. The molecule has 0 atom stereocenters. The van der Waals surface area contributed by atoms with Crippen LogP contribution in [0, 0.1) is 10.9 Å². The Hall–Kier alpha value is -2.04. The molecule has 3 aromatic rings. The zero-order valence-corrected chi connectivity index (χ0v) is 13.2. The van der Waals surface area contributed by atoms with Gasteiger partial charge in [0.15, 0.2) is 3.95 Å². The molecule has 2 nitrogen and oxygen atoms in total. The number of hydrogen-bond acceptors (Lipinski definition) is 3. The van der Waals surface area contributed by atoms with E-state index in [1.807, 2.05) is 34.5 Å². The van der Waals surface area contributed by atoms with Crippen molar-refractivity contribution in [1.82, 2.24) is 4.68 Å². The van der Waals surface area contributed by atoms with Crippen molar-refractivity contribution in [1.29, 1.82) is 0 Å². The summed E-state index contributed by atoms with van der Waals surface area (Å²) in [5.41, 5.74) is 4.44. The predicted molar refractivity (Wildman–Crippen MR) is 92.8 cm³/mol. The average Bonchev–Trinajstić information content (AvgIpc) is 2.89. The first-order chi connectivity index (χ1) is 10.2. The van der Waals surface area contributed by atoms with Crippen molar-refractivity contribution in [3.8, 4) is 11.3 Å². The van der Waals surface area contributed by atoms with Crippen molar-refractivity contribution in [3.63, 3.8) is 0 Å². The molecule has 0 N–H and O–H groups in total.